The summed E-state index contributed by atoms with van der Waals surface area (Å²) in [7, 11) is 0. The highest BCUT2D eigenvalue weighted by molar-refractivity contribution is 5.67. The topological polar surface area (TPSA) is 40.5 Å². The van der Waals surface area contributed by atoms with Crippen LogP contribution in [0.2, 0.25) is 0 Å². The molecule has 0 bridgehead atoms. The van der Waals surface area contributed by atoms with Gasteiger partial charge in [-0.15, -0.1) is 0 Å². The van der Waals surface area contributed by atoms with Gasteiger partial charge in [0, 0.05) is 25.6 Å². The Kier molecular flexibility index (Phi) is 9.77. The van der Waals surface area contributed by atoms with Crippen molar-refractivity contribution in [3.63, 3.8) is 0 Å². The number of hydrogen-bond acceptors (Lipinski definition) is 2. The Morgan fingerprint density at radius 2 is 1.36 bits per heavy atom. The lowest BCUT2D eigenvalue weighted by Crippen LogP contribution is -2.49. The van der Waals surface area contributed by atoms with E-state index in [0.29, 0.717) is 6.04 Å². The summed E-state index contributed by atoms with van der Waals surface area (Å²) < 4.78 is 39.3. The predicted octanol–water partition coefficient (Wildman–Crippen LogP) is 7.97. The van der Waals surface area contributed by atoms with Crippen molar-refractivity contribution in [2.24, 2.45) is 23.7 Å². The lowest BCUT2D eigenvalue weighted by atomic mass is 9.73. The van der Waals surface area contributed by atoms with Crippen LogP contribution in [-0.4, -0.2) is 35.1 Å². The summed E-state index contributed by atoms with van der Waals surface area (Å²) in [5, 5.41) is 9.44. The van der Waals surface area contributed by atoms with Gasteiger partial charge in [-0.25, -0.2) is 0 Å². The lowest BCUT2D eigenvalue weighted by molar-refractivity contribution is -0.139. The molecule has 0 radical (unpaired) electrons. The van der Waals surface area contributed by atoms with Crippen molar-refractivity contribution < 1.29 is 23.1 Å². The molecule has 3 fully saturated rings. The maximum atomic E-state index is 13.1. The van der Waals surface area contributed by atoms with E-state index < -0.39 is 17.7 Å². The molecule has 0 saturated heterocycles. The zero-order valence-electron chi connectivity index (χ0n) is 21.7. The zero-order valence-corrected chi connectivity index (χ0v) is 21.7. The third-order valence-corrected chi connectivity index (χ3v) is 9.20. The first-order chi connectivity index (χ1) is 17.3. The molecule has 3 aliphatic carbocycles. The largest absolute Gasteiger partial charge is 0.481 e. The fourth-order valence-corrected chi connectivity index (χ4v) is 7.36. The molecule has 0 aromatic heterocycles. The maximum Gasteiger partial charge on any atom is 0.416 e. The number of alkyl halides is 3. The molecule has 3 atom stereocenters. The Morgan fingerprint density at radius 1 is 0.806 bits per heavy atom. The fraction of sp³-hybridized carbons (Fsp3) is 0.767. The summed E-state index contributed by atoms with van der Waals surface area (Å²) in [5.41, 5.74) is 0.329. The summed E-state index contributed by atoms with van der Waals surface area (Å²) in [4.78, 5) is 14.3. The van der Waals surface area contributed by atoms with Gasteiger partial charge in [0.15, 0.2) is 0 Å². The van der Waals surface area contributed by atoms with E-state index in [9.17, 15) is 23.1 Å². The molecule has 1 N–H and O–H groups in total. The molecule has 1 aromatic carbocycles. The first-order valence-electron chi connectivity index (χ1n) is 14.4. The van der Waals surface area contributed by atoms with E-state index in [-0.39, 0.29) is 18.3 Å². The average Bonchev–Trinajstić information content (AvgIpc) is 2.85. The van der Waals surface area contributed by atoms with Gasteiger partial charge in [-0.1, -0.05) is 50.7 Å². The minimum absolute atomic E-state index is 0.157. The Morgan fingerprint density at radius 3 is 1.86 bits per heavy atom. The number of carboxylic acids is 1. The zero-order chi connectivity index (χ0) is 25.5. The van der Waals surface area contributed by atoms with Crippen LogP contribution in [-0.2, 0) is 17.4 Å². The van der Waals surface area contributed by atoms with Gasteiger partial charge in [0.1, 0.15) is 0 Å². The third kappa shape index (κ3) is 7.97. The maximum absolute atomic E-state index is 13.1. The first-order valence-corrected chi connectivity index (χ1v) is 14.4. The second-order valence-electron chi connectivity index (χ2n) is 12.0. The van der Waals surface area contributed by atoms with Crippen molar-refractivity contribution in [2.75, 3.05) is 13.1 Å². The van der Waals surface area contributed by atoms with Crippen LogP contribution in [0.25, 0.3) is 0 Å². The van der Waals surface area contributed by atoms with E-state index in [1.54, 1.807) is 12.1 Å². The quantitative estimate of drug-likeness (QED) is 0.368. The minimum atomic E-state index is -4.32. The van der Waals surface area contributed by atoms with E-state index in [2.05, 4.69) is 4.90 Å². The molecule has 3 aliphatic rings. The first kappa shape index (κ1) is 27.5. The number of aliphatic carboxylic acids is 1. The summed E-state index contributed by atoms with van der Waals surface area (Å²) in [6, 6.07) is 6.05. The number of nitrogens with zero attached hydrogens (tertiary/aromatic N) is 1. The second kappa shape index (κ2) is 12.8. The molecule has 1 aromatic rings. The minimum Gasteiger partial charge on any atom is -0.481 e. The van der Waals surface area contributed by atoms with Crippen LogP contribution in [0.3, 0.4) is 0 Å². The van der Waals surface area contributed by atoms with E-state index in [0.717, 1.165) is 56.2 Å². The van der Waals surface area contributed by atoms with Crippen molar-refractivity contribution in [2.45, 2.75) is 109 Å². The van der Waals surface area contributed by atoms with Crippen LogP contribution in [0, 0.1) is 23.7 Å². The van der Waals surface area contributed by atoms with Crippen LogP contribution in [0.4, 0.5) is 13.2 Å². The molecule has 202 valence electrons. The standard InChI is InChI=1S/C30H44F3NO2/c31-30(32,33)27-14-11-22(12-15-27)17-26-18-25(19-29(35)36)13-16-28(26)34(20-23-7-3-1-4-8-23)21-24-9-5-2-6-10-24/h11-12,14-15,23-26,28H,1-10,13,16-21H2,(H,35,36). The number of halogens is 3. The van der Waals surface area contributed by atoms with Crippen LogP contribution in [0.1, 0.15) is 101 Å². The Hall–Kier alpha value is -1.56. The molecule has 3 unspecified atom stereocenters. The Bertz CT molecular complexity index is 792. The number of rotatable bonds is 9. The molecular formula is C30H44F3NO2. The van der Waals surface area contributed by atoms with Gasteiger partial charge in [0.25, 0.3) is 0 Å². The van der Waals surface area contributed by atoms with Gasteiger partial charge in [-0.3, -0.25) is 9.69 Å². The van der Waals surface area contributed by atoms with Crippen molar-refractivity contribution >= 4 is 5.97 Å². The molecule has 0 amide bonds. The fourth-order valence-electron chi connectivity index (χ4n) is 7.36. The third-order valence-electron chi connectivity index (χ3n) is 9.20. The summed E-state index contributed by atoms with van der Waals surface area (Å²) >= 11 is 0. The van der Waals surface area contributed by atoms with Crippen molar-refractivity contribution in [1.29, 1.82) is 0 Å². The molecule has 36 heavy (non-hydrogen) atoms. The van der Waals surface area contributed by atoms with Crippen LogP contribution in [0.15, 0.2) is 24.3 Å². The monoisotopic (exact) mass is 507 g/mol. The number of carboxylic acid groups (broad SMARTS) is 1. The van der Waals surface area contributed by atoms with Crippen LogP contribution < -0.4 is 0 Å². The molecular weight excluding hydrogens is 463 g/mol. The number of benzene rings is 1. The highest BCUT2D eigenvalue weighted by Gasteiger charge is 2.37. The summed E-state index contributed by atoms with van der Waals surface area (Å²) in [6.07, 6.45) is 12.6. The Labute approximate surface area is 214 Å². The van der Waals surface area contributed by atoms with Gasteiger partial charge < -0.3 is 5.11 Å². The molecule has 3 nitrogen and oxygen atoms in total. The smallest absolute Gasteiger partial charge is 0.416 e. The highest BCUT2D eigenvalue weighted by atomic mass is 19.4. The number of carbonyl (C=O) groups is 1. The summed E-state index contributed by atoms with van der Waals surface area (Å²) in [6.45, 7) is 2.27. The highest BCUT2D eigenvalue weighted by Crippen LogP contribution is 2.39. The SMILES string of the molecule is O=C(O)CC1CCC(N(CC2CCCCC2)CC2CCCCC2)C(Cc2ccc(C(F)(F)F)cc2)C1. The average molecular weight is 508 g/mol. The normalized spacial score (nSPS) is 26.8. The van der Waals surface area contributed by atoms with Crippen LogP contribution >= 0.6 is 0 Å². The Balaban J connectivity index is 1.53. The van der Waals surface area contributed by atoms with Gasteiger partial charge >= 0.3 is 12.1 Å². The molecule has 6 heteroatoms. The molecule has 0 aliphatic heterocycles. The van der Waals surface area contributed by atoms with Gasteiger partial charge in [-0.2, -0.15) is 13.2 Å². The van der Waals surface area contributed by atoms with Gasteiger partial charge in [0.05, 0.1) is 5.56 Å². The van der Waals surface area contributed by atoms with E-state index >= 15 is 0 Å². The second-order valence-corrected chi connectivity index (χ2v) is 12.0. The molecule has 0 spiro atoms. The van der Waals surface area contributed by atoms with Gasteiger partial charge in [-0.05, 0) is 92.7 Å². The van der Waals surface area contributed by atoms with E-state index in [1.807, 2.05) is 0 Å². The van der Waals surface area contributed by atoms with Gasteiger partial charge in [0.2, 0.25) is 0 Å². The van der Waals surface area contributed by atoms with Crippen molar-refractivity contribution in [3.05, 3.63) is 35.4 Å². The molecule has 4 rings (SSSR count). The lowest BCUT2D eigenvalue weighted by Gasteiger charge is -2.45. The predicted molar refractivity (Wildman–Crippen MR) is 137 cm³/mol. The van der Waals surface area contributed by atoms with E-state index in [1.165, 1.54) is 76.3 Å². The molecule has 0 heterocycles. The van der Waals surface area contributed by atoms with Crippen molar-refractivity contribution in [1.82, 2.24) is 4.90 Å². The number of hydrogen-bond donors (Lipinski definition) is 1. The van der Waals surface area contributed by atoms with Crippen molar-refractivity contribution in [3.8, 4) is 0 Å². The summed E-state index contributed by atoms with van der Waals surface area (Å²) in [5.74, 6) is 1.18. The van der Waals surface area contributed by atoms with Crippen LogP contribution in [0.5, 0.6) is 0 Å². The molecule has 3 saturated carbocycles. The van der Waals surface area contributed by atoms with E-state index in [4.69, 9.17) is 0 Å².